The molecule has 0 fully saturated rings. The zero-order valence-corrected chi connectivity index (χ0v) is 9.82. The summed E-state index contributed by atoms with van der Waals surface area (Å²) >= 11 is 0. The number of urea groups is 1. The van der Waals surface area contributed by atoms with Crippen LogP contribution in [0.25, 0.3) is 0 Å². The van der Waals surface area contributed by atoms with Gasteiger partial charge in [0.1, 0.15) is 6.04 Å². The van der Waals surface area contributed by atoms with Gasteiger partial charge in [-0.25, -0.2) is 9.59 Å². The molecule has 5 heteroatoms. The van der Waals surface area contributed by atoms with Crippen LogP contribution in [0.5, 0.6) is 0 Å². The molecule has 2 atom stereocenters. The van der Waals surface area contributed by atoms with Gasteiger partial charge in [-0.05, 0) is 12.3 Å². The molecule has 0 aromatic rings. The molecule has 0 aliphatic carbocycles. The summed E-state index contributed by atoms with van der Waals surface area (Å²) in [6.45, 7) is 7.66. The molecule has 0 saturated carbocycles. The van der Waals surface area contributed by atoms with E-state index in [1.807, 2.05) is 6.92 Å². The quantitative estimate of drug-likeness (QED) is 0.455. The third kappa shape index (κ3) is 5.38. The number of carbonyl (C=O) groups is 2. The van der Waals surface area contributed by atoms with Crippen molar-refractivity contribution in [2.45, 2.75) is 32.7 Å². The van der Waals surface area contributed by atoms with Crippen LogP contribution in [-0.2, 0) is 4.79 Å². The number of rotatable bonds is 7. The minimum Gasteiger partial charge on any atom is -0.480 e. The van der Waals surface area contributed by atoms with E-state index in [0.717, 1.165) is 0 Å². The molecule has 0 aliphatic rings. The Balaban J connectivity index is 4.13. The standard InChI is InChI=1S/C11H20N2O3/c1-4-6-7-12-11(16)13-9(10(14)15)8(3)5-2/h4,8-9H,1,5-7H2,2-3H3,(H,14,15)(H2,12,13,16)/t8?,9-/m0/s1. The molecular formula is C11H20N2O3. The van der Waals surface area contributed by atoms with Gasteiger partial charge in [-0.15, -0.1) is 6.58 Å². The van der Waals surface area contributed by atoms with Gasteiger partial charge < -0.3 is 15.7 Å². The first kappa shape index (κ1) is 14.5. The van der Waals surface area contributed by atoms with Crippen LogP contribution >= 0.6 is 0 Å². The molecule has 92 valence electrons. The number of nitrogens with one attached hydrogen (secondary N) is 2. The van der Waals surface area contributed by atoms with Crippen molar-refractivity contribution in [1.82, 2.24) is 10.6 Å². The molecule has 0 aromatic carbocycles. The molecule has 0 aliphatic heterocycles. The summed E-state index contributed by atoms with van der Waals surface area (Å²) in [6, 6.07) is -1.29. The third-order valence-electron chi connectivity index (χ3n) is 2.40. The van der Waals surface area contributed by atoms with E-state index >= 15 is 0 Å². The SMILES string of the molecule is C=CCCNC(=O)N[C@H](C(=O)O)C(C)CC. The molecule has 0 heterocycles. The van der Waals surface area contributed by atoms with Crippen molar-refractivity contribution < 1.29 is 14.7 Å². The van der Waals surface area contributed by atoms with Crippen LogP contribution in [-0.4, -0.2) is 29.7 Å². The number of carbonyl (C=O) groups excluding carboxylic acids is 1. The van der Waals surface area contributed by atoms with Crippen molar-refractivity contribution in [3.8, 4) is 0 Å². The lowest BCUT2D eigenvalue weighted by Gasteiger charge is -2.20. The van der Waals surface area contributed by atoms with Crippen molar-refractivity contribution in [3.63, 3.8) is 0 Å². The van der Waals surface area contributed by atoms with E-state index in [4.69, 9.17) is 5.11 Å². The van der Waals surface area contributed by atoms with E-state index in [9.17, 15) is 9.59 Å². The van der Waals surface area contributed by atoms with E-state index < -0.39 is 18.0 Å². The van der Waals surface area contributed by atoms with Gasteiger partial charge in [0.2, 0.25) is 0 Å². The first-order valence-electron chi connectivity index (χ1n) is 5.41. The Kier molecular flexibility index (Phi) is 7.00. The van der Waals surface area contributed by atoms with Gasteiger partial charge in [0.25, 0.3) is 0 Å². The Hall–Kier alpha value is -1.52. The highest BCUT2D eigenvalue weighted by molar-refractivity contribution is 5.82. The monoisotopic (exact) mass is 228 g/mol. The lowest BCUT2D eigenvalue weighted by Crippen LogP contribution is -2.49. The average Bonchev–Trinajstić information content (AvgIpc) is 2.25. The van der Waals surface area contributed by atoms with Crippen LogP contribution < -0.4 is 10.6 Å². The van der Waals surface area contributed by atoms with Crippen molar-refractivity contribution >= 4 is 12.0 Å². The maximum atomic E-state index is 11.3. The summed E-state index contributed by atoms with van der Waals surface area (Å²) in [5.74, 6) is -1.10. The maximum absolute atomic E-state index is 11.3. The first-order valence-corrected chi connectivity index (χ1v) is 5.41. The second-order valence-electron chi connectivity index (χ2n) is 3.68. The minimum atomic E-state index is -1.01. The number of hydrogen-bond acceptors (Lipinski definition) is 2. The zero-order chi connectivity index (χ0) is 12.6. The Morgan fingerprint density at radius 2 is 2.12 bits per heavy atom. The van der Waals surface area contributed by atoms with Gasteiger partial charge in [-0.2, -0.15) is 0 Å². The lowest BCUT2D eigenvalue weighted by molar-refractivity contribution is -0.140. The fourth-order valence-electron chi connectivity index (χ4n) is 1.16. The number of hydrogen-bond donors (Lipinski definition) is 3. The van der Waals surface area contributed by atoms with Gasteiger partial charge in [0.05, 0.1) is 0 Å². The van der Waals surface area contributed by atoms with Gasteiger partial charge in [0, 0.05) is 6.54 Å². The normalized spacial score (nSPS) is 13.6. The molecular weight excluding hydrogens is 208 g/mol. The lowest BCUT2D eigenvalue weighted by atomic mass is 9.99. The van der Waals surface area contributed by atoms with E-state index in [0.29, 0.717) is 19.4 Å². The molecule has 0 bridgehead atoms. The summed E-state index contributed by atoms with van der Waals surface area (Å²) in [6.07, 6.45) is 3.04. The van der Waals surface area contributed by atoms with E-state index in [2.05, 4.69) is 17.2 Å². The largest absolute Gasteiger partial charge is 0.480 e. The summed E-state index contributed by atoms with van der Waals surface area (Å²) in [4.78, 5) is 22.2. The summed E-state index contributed by atoms with van der Waals surface area (Å²) in [7, 11) is 0. The highest BCUT2D eigenvalue weighted by Crippen LogP contribution is 2.07. The Morgan fingerprint density at radius 1 is 1.50 bits per heavy atom. The Labute approximate surface area is 95.9 Å². The maximum Gasteiger partial charge on any atom is 0.326 e. The Bertz CT molecular complexity index is 254. The van der Waals surface area contributed by atoms with Gasteiger partial charge >= 0.3 is 12.0 Å². The zero-order valence-electron chi connectivity index (χ0n) is 9.82. The van der Waals surface area contributed by atoms with Gasteiger partial charge in [-0.1, -0.05) is 26.3 Å². The number of carboxylic acids is 1. The molecule has 2 amide bonds. The number of carboxylic acid groups (broad SMARTS) is 1. The first-order chi connectivity index (χ1) is 7.52. The van der Waals surface area contributed by atoms with Crippen LogP contribution in [0.1, 0.15) is 26.7 Å². The highest BCUT2D eigenvalue weighted by atomic mass is 16.4. The predicted octanol–water partition coefficient (Wildman–Crippen LogP) is 1.36. The second-order valence-corrected chi connectivity index (χ2v) is 3.68. The third-order valence-corrected chi connectivity index (χ3v) is 2.40. The summed E-state index contributed by atoms with van der Waals surface area (Å²) in [5, 5.41) is 13.9. The summed E-state index contributed by atoms with van der Waals surface area (Å²) in [5.41, 5.74) is 0. The van der Waals surface area contributed by atoms with Crippen molar-refractivity contribution in [3.05, 3.63) is 12.7 Å². The van der Waals surface area contributed by atoms with Crippen LogP contribution in [0.2, 0.25) is 0 Å². The number of amides is 2. The highest BCUT2D eigenvalue weighted by Gasteiger charge is 2.24. The number of aliphatic carboxylic acids is 1. The predicted molar refractivity (Wildman–Crippen MR) is 62.2 cm³/mol. The fraction of sp³-hybridized carbons (Fsp3) is 0.636. The molecule has 0 aromatic heterocycles. The van der Waals surface area contributed by atoms with Crippen LogP contribution in [0, 0.1) is 5.92 Å². The van der Waals surface area contributed by atoms with Crippen LogP contribution in [0.15, 0.2) is 12.7 Å². The van der Waals surface area contributed by atoms with E-state index in [-0.39, 0.29) is 5.92 Å². The van der Waals surface area contributed by atoms with Crippen molar-refractivity contribution in [2.75, 3.05) is 6.54 Å². The molecule has 3 N–H and O–H groups in total. The molecule has 1 unspecified atom stereocenters. The molecule has 5 nitrogen and oxygen atoms in total. The molecule has 0 radical (unpaired) electrons. The fourth-order valence-corrected chi connectivity index (χ4v) is 1.16. The van der Waals surface area contributed by atoms with Crippen molar-refractivity contribution in [2.24, 2.45) is 5.92 Å². The molecule has 0 rings (SSSR count). The van der Waals surface area contributed by atoms with Crippen LogP contribution in [0.4, 0.5) is 4.79 Å². The average molecular weight is 228 g/mol. The Morgan fingerprint density at radius 3 is 2.56 bits per heavy atom. The van der Waals surface area contributed by atoms with Crippen LogP contribution in [0.3, 0.4) is 0 Å². The minimum absolute atomic E-state index is 0.0948. The second kappa shape index (κ2) is 7.73. The topological polar surface area (TPSA) is 78.4 Å². The summed E-state index contributed by atoms with van der Waals surface area (Å²) < 4.78 is 0. The molecule has 0 spiro atoms. The van der Waals surface area contributed by atoms with Gasteiger partial charge in [-0.3, -0.25) is 0 Å². The van der Waals surface area contributed by atoms with Gasteiger partial charge in [0.15, 0.2) is 0 Å². The molecule has 16 heavy (non-hydrogen) atoms. The molecule has 0 saturated heterocycles. The van der Waals surface area contributed by atoms with Crippen molar-refractivity contribution in [1.29, 1.82) is 0 Å². The van der Waals surface area contributed by atoms with E-state index in [1.165, 1.54) is 0 Å². The smallest absolute Gasteiger partial charge is 0.326 e. The van der Waals surface area contributed by atoms with E-state index in [1.54, 1.807) is 13.0 Å².